The fourth-order valence-electron chi connectivity index (χ4n) is 3.64. The molecule has 1 aliphatic rings. The summed E-state index contributed by atoms with van der Waals surface area (Å²) in [5.41, 5.74) is 4.75. The minimum absolute atomic E-state index is 0.0367. The zero-order valence-electron chi connectivity index (χ0n) is 15.2. The van der Waals surface area contributed by atoms with Gasteiger partial charge in [0.25, 0.3) is 0 Å². The predicted octanol–water partition coefficient (Wildman–Crippen LogP) is 4.11. The first-order valence-corrected chi connectivity index (χ1v) is 9.62. The Bertz CT molecular complexity index is 1020. The molecule has 0 spiro atoms. The molecule has 3 aromatic rings. The number of carbonyl (C=O) groups is 1. The van der Waals surface area contributed by atoms with Crippen LogP contribution in [0.15, 0.2) is 48.5 Å². The molecule has 0 fully saturated rings. The van der Waals surface area contributed by atoms with Crippen molar-refractivity contribution in [3.8, 4) is 11.4 Å². The number of carbonyl (C=O) groups excluding carboxylic acids is 1. The van der Waals surface area contributed by atoms with E-state index in [0.29, 0.717) is 17.7 Å². The number of amides is 1. The van der Waals surface area contributed by atoms with Gasteiger partial charge in [-0.25, -0.2) is 0 Å². The standard InChI is InChI=1S/C21H22N4OS/c1-14-6-8-16(9-7-14)20-23-24-21(27)25(20)13-12-19(26)22-18-11-10-15-4-2-3-5-17(15)18/h2-9,18H,10-13H2,1H3,(H,22,26)(H,24,27). The summed E-state index contributed by atoms with van der Waals surface area (Å²) in [6.07, 6.45) is 2.35. The molecule has 0 saturated carbocycles. The molecule has 2 N–H and O–H groups in total. The Hall–Kier alpha value is -2.73. The molecule has 5 nitrogen and oxygen atoms in total. The first-order chi connectivity index (χ1) is 13.1. The number of benzene rings is 2. The molecule has 0 aliphatic heterocycles. The van der Waals surface area contributed by atoms with Gasteiger partial charge in [-0.1, -0.05) is 54.1 Å². The predicted molar refractivity (Wildman–Crippen MR) is 108 cm³/mol. The molecule has 1 unspecified atom stereocenters. The lowest BCUT2D eigenvalue weighted by atomic mass is 10.1. The van der Waals surface area contributed by atoms with E-state index in [-0.39, 0.29) is 11.9 Å². The van der Waals surface area contributed by atoms with Crippen molar-refractivity contribution in [2.75, 3.05) is 0 Å². The maximum atomic E-state index is 12.5. The lowest BCUT2D eigenvalue weighted by Crippen LogP contribution is -2.28. The Balaban J connectivity index is 1.44. The molecular weight excluding hydrogens is 356 g/mol. The quantitative estimate of drug-likeness (QED) is 0.657. The first-order valence-electron chi connectivity index (χ1n) is 9.21. The van der Waals surface area contributed by atoms with Crippen molar-refractivity contribution in [3.63, 3.8) is 0 Å². The number of nitrogens with one attached hydrogen (secondary N) is 2. The number of rotatable bonds is 5. The molecule has 1 heterocycles. The second-order valence-electron chi connectivity index (χ2n) is 6.98. The van der Waals surface area contributed by atoms with Crippen molar-refractivity contribution >= 4 is 18.1 Å². The average Bonchev–Trinajstić information content (AvgIpc) is 3.25. The number of hydrogen-bond donors (Lipinski definition) is 2. The van der Waals surface area contributed by atoms with Crippen molar-refractivity contribution in [1.82, 2.24) is 20.1 Å². The Morgan fingerprint density at radius 3 is 2.85 bits per heavy atom. The molecule has 0 saturated heterocycles. The van der Waals surface area contributed by atoms with Crippen molar-refractivity contribution in [2.45, 2.75) is 38.8 Å². The molecule has 1 amide bonds. The molecule has 1 aromatic heterocycles. The first kappa shape index (κ1) is 17.7. The van der Waals surface area contributed by atoms with Gasteiger partial charge in [0.1, 0.15) is 0 Å². The Labute approximate surface area is 163 Å². The average molecular weight is 379 g/mol. The van der Waals surface area contributed by atoms with Crippen LogP contribution in [0.3, 0.4) is 0 Å². The van der Waals surface area contributed by atoms with Crippen molar-refractivity contribution < 1.29 is 4.79 Å². The maximum Gasteiger partial charge on any atom is 0.222 e. The molecule has 138 valence electrons. The molecule has 0 radical (unpaired) electrons. The summed E-state index contributed by atoms with van der Waals surface area (Å²) >= 11 is 5.36. The smallest absolute Gasteiger partial charge is 0.222 e. The minimum atomic E-state index is 0.0367. The van der Waals surface area contributed by atoms with Crippen LogP contribution in [0, 0.1) is 11.7 Å². The van der Waals surface area contributed by atoms with Crippen LogP contribution in [0.25, 0.3) is 11.4 Å². The highest BCUT2D eigenvalue weighted by Crippen LogP contribution is 2.30. The van der Waals surface area contributed by atoms with Gasteiger partial charge in [-0.15, -0.1) is 0 Å². The van der Waals surface area contributed by atoms with E-state index in [1.54, 1.807) is 0 Å². The fraction of sp³-hybridized carbons (Fsp3) is 0.286. The van der Waals surface area contributed by atoms with Gasteiger partial charge >= 0.3 is 0 Å². The van der Waals surface area contributed by atoms with E-state index >= 15 is 0 Å². The van der Waals surface area contributed by atoms with Gasteiger partial charge in [-0.3, -0.25) is 14.5 Å². The van der Waals surface area contributed by atoms with Crippen LogP contribution < -0.4 is 5.32 Å². The van der Waals surface area contributed by atoms with Gasteiger partial charge < -0.3 is 5.32 Å². The molecular formula is C21H22N4OS. The van der Waals surface area contributed by atoms with Gasteiger partial charge in [0.2, 0.25) is 5.91 Å². The highest BCUT2D eigenvalue weighted by molar-refractivity contribution is 7.71. The number of hydrogen-bond acceptors (Lipinski definition) is 3. The molecule has 27 heavy (non-hydrogen) atoms. The van der Waals surface area contributed by atoms with E-state index in [2.05, 4.69) is 33.7 Å². The van der Waals surface area contributed by atoms with Gasteiger partial charge in [-0.2, -0.15) is 5.10 Å². The lowest BCUT2D eigenvalue weighted by molar-refractivity contribution is -0.122. The van der Waals surface area contributed by atoms with E-state index in [9.17, 15) is 4.79 Å². The summed E-state index contributed by atoms with van der Waals surface area (Å²) in [7, 11) is 0. The van der Waals surface area contributed by atoms with E-state index in [1.807, 2.05) is 41.8 Å². The molecule has 1 atom stereocenters. The van der Waals surface area contributed by atoms with Crippen LogP contribution in [0.1, 0.15) is 35.6 Å². The fourth-order valence-corrected chi connectivity index (χ4v) is 3.86. The van der Waals surface area contributed by atoms with Crippen molar-refractivity contribution in [2.24, 2.45) is 0 Å². The Morgan fingerprint density at radius 2 is 2.04 bits per heavy atom. The third-order valence-corrected chi connectivity index (χ3v) is 5.41. The summed E-state index contributed by atoms with van der Waals surface area (Å²) in [4.78, 5) is 12.5. The highest BCUT2D eigenvalue weighted by atomic mass is 32.1. The van der Waals surface area contributed by atoms with Crippen LogP contribution in [-0.2, 0) is 17.8 Å². The topological polar surface area (TPSA) is 62.7 Å². The second-order valence-corrected chi connectivity index (χ2v) is 7.36. The number of nitrogens with zero attached hydrogens (tertiary/aromatic N) is 2. The van der Waals surface area contributed by atoms with Gasteiger partial charge in [-0.05, 0) is 43.1 Å². The molecule has 0 bridgehead atoms. The zero-order valence-corrected chi connectivity index (χ0v) is 16.1. The van der Waals surface area contributed by atoms with E-state index < -0.39 is 0 Å². The SMILES string of the molecule is Cc1ccc(-c2n[nH]c(=S)n2CCC(=O)NC2CCc3ccccc32)cc1. The third kappa shape index (κ3) is 3.71. The monoisotopic (exact) mass is 378 g/mol. The Kier molecular flexibility index (Phi) is 4.90. The minimum Gasteiger partial charge on any atom is -0.349 e. The van der Waals surface area contributed by atoms with Crippen LogP contribution in [0.4, 0.5) is 0 Å². The second kappa shape index (κ2) is 7.48. The number of fused-ring (bicyclic) bond motifs is 1. The number of H-pyrrole nitrogens is 1. The lowest BCUT2D eigenvalue weighted by Gasteiger charge is -2.14. The van der Waals surface area contributed by atoms with Gasteiger partial charge in [0.05, 0.1) is 6.04 Å². The third-order valence-electron chi connectivity index (χ3n) is 5.10. The van der Waals surface area contributed by atoms with E-state index in [4.69, 9.17) is 12.2 Å². The summed E-state index contributed by atoms with van der Waals surface area (Å²) in [5.74, 6) is 0.800. The van der Waals surface area contributed by atoms with Crippen LogP contribution in [-0.4, -0.2) is 20.7 Å². The summed E-state index contributed by atoms with van der Waals surface area (Å²) < 4.78 is 2.42. The number of aryl methyl sites for hydroxylation is 2. The van der Waals surface area contributed by atoms with E-state index in [1.165, 1.54) is 16.7 Å². The highest BCUT2D eigenvalue weighted by Gasteiger charge is 2.23. The summed E-state index contributed by atoms with van der Waals surface area (Å²) in [6.45, 7) is 2.55. The summed E-state index contributed by atoms with van der Waals surface area (Å²) in [6, 6.07) is 16.6. The normalized spacial score (nSPS) is 15.5. The number of aromatic nitrogens is 3. The molecule has 2 aromatic carbocycles. The van der Waals surface area contributed by atoms with Crippen molar-refractivity contribution in [1.29, 1.82) is 0 Å². The summed E-state index contributed by atoms with van der Waals surface area (Å²) in [5, 5.41) is 10.4. The van der Waals surface area contributed by atoms with Crippen molar-refractivity contribution in [3.05, 3.63) is 70.0 Å². The zero-order chi connectivity index (χ0) is 18.8. The molecule has 1 aliphatic carbocycles. The van der Waals surface area contributed by atoms with E-state index in [0.717, 1.165) is 24.2 Å². The molecule has 6 heteroatoms. The Morgan fingerprint density at radius 1 is 1.26 bits per heavy atom. The van der Waals surface area contributed by atoms with Crippen LogP contribution >= 0.6 is 12.2 Å². The van der Waals surface area contributed by atoms with Crippen LogP contribution in [0.2, 0.25) is 0 Å². The van der Waals surface area contributed by atoms with Crippen LogP contribution in [0.5, 0.6) is 0 Å². The number of aromatic amines is 1. The largest absolute Gasteiger partial charge is 0.349 e. The molecule has 4 rings (SSSR count). The van der Waals surface area contributed by atoms with Gasteiger partial charge in [0, 0.05) is 18.5 Å². The maximum absolute atomic E-state index is 12.5. The van der Waals surface area contributed by atoms with Gasteiger partial charge in [0.15, 0.2) is 10.6 Å².